The van der Waals surface area contributed by atoms with Crippen LogP contribution in [0.4, 0.5) is 4.79 Å². The van der Waals surface area contributed by atoms with E-state index in [1.165, 1.54) is 0 Å². The quantitative estimate of drug-likeness (QED) is 0.788. The van der Waals surface area contributed by atoms with Gasteiger partial charge in [0.2, 0.25) is 0 Å². The molecule has 0 aliphatic carbocycles. The number of hydrogen-bond donors (Lipinski definition) is 3. The molecule has 3 N–H and O–H groups in total. The minimum Gasteiger partial charge on any atom is -0.463 e. The lowest BCUT2D eigenvalue weighted by Crippen LogP contribution is -2.43. The third kappa shape index (κ3) is 4.08. The largest absolute Gasteiger partial charge is 0.463 e. The van der Waals surface area contributed by atoms with Gasteiger partial charge in [-0.15, -0.1) is 0 Å². The van der Waals surface area contributed by atoms with Crippen LogP contribution in [0.15, 0.2) is 34.9 Å². The summed E-state index contributed by atoms with van der Waals surface area (Å²) < 4.78 is 5.39. The maximum atomic E-state index is 11.8. The van der Waals surface area contributed by atoms with Gasteiger partial charge < -0.3 is 20.2 Å². The van der Waals surface area contributed by atoms with Crippen LogP contribution in [0.3, 0.4) is 0 Å². The monoisotopic (exact) mass is 303 g/mol. The van der Waals surface area contributed by atoms with Crippen LogP contribution in [-0.4, -0.2) is 22.7 Å². The summed E-state index contributed by atoms with van der Waals surface area (Å²) in [5, 5.41) is 15.7. The molecule has 6 nitrogen and oxygen atoms in total. The Kier molecular flexibility index (Phi) is 4.82. The second kappa shape index (κ2) is 6.62. The summed E-state index contributed by atoms with van der Waals surface area (Å²) in [7, 11) is 0. The fourth-order valence-electron chi connectivity index (χ4n) is 1.99. The van der Waals surface area contributed by atoms with E-state index in [2.05, 4.69) is 15.6 Å². The molecule has 0 fully saturated rings. The number of pyridine rings is 1. The van der Waals surface area contributed by atoms with Crippen molar-refractivity contribution >= 4 is 6.03 Å². The second-order valence-electron chi connectivity index (χ2n) is 5.49. The lowest BCUT2D eigenvalue weighted by atomic mass is 10.0. The highest BCUT2D eigenvalue weighted by Gasteiger charge is 2.27. The number of hydrogen-bond acceptors (Lipinski definition) is 4. The van der Waals surface area contributed by atoms with Gasteiger partial charge in [0.25, 0.3) is 0 Å². The Hall–Kier alpha value is -2.34. The van der Waals surface area contributed by atoms with Crippen LogP contribution in [0.25, 0.3) is 0 Å². The van der Waals surface area contributed by atoms with Crippen molar-refractivity contribution in [1.29, 1.82) is 0 Å². The average Bonchev–Trinajstić information content (AvgIpc) is 2.92. The second-order valence-corrected chi connectivity index (χ2v) is 5.49. The number of nitrogens with zero attached hydrogens (tertiary/aromatic N) is 1. The number of nitrogens with one attached hydrogen (secondary N) is 2. The SMILES string of the molecule is Cc1ccc(C(C)(O)CNC(=O)NCc2ncccc2C)o1. The molecule has 0 aliphatic heterocycles. The van der Waals surface area contributed by atoms with Gasteiger partial charge in [-0.2, -0.15) is 0 Å². The van der Waals surface area contributed by atoms with Crippen molar-refractivity contribution in [3.05, 3.63) is 53.2 Å². The number of aryl methyl sites for hydroxylation is 2. The molecule has 1 atom stereocenters. The van der Waals surface area contributed by atoms with Crippen LogP contribution in [0, 0.1) is 13.8 Å². The van der Waals surface area contributed by atoms with E-state index in [1.54, 1.807) is 32.2 Å². The summed E-state index contributed by atoms with van der Waals surface area (Å²) in [4.78, 5) is 16.0. The van der Waals surface area contributed by atoms with Crippen molar-refractivity contribution in [2.24, 2.45) is 0 Å². The Labute approximate surface area is 129 Å². The van der Waals surface area contributed by atoms with E-state index in [1.807, 2.05) is 19.1 Å². The first kappa shape index (κ1) is 16.0. The number of rotatable bonds is 5. The van der Waals surface area contributed by atoms with E-state index >= 15 is 0 Å². The minimum absolute atomic E-state index is 0.0486. The van der Waals surface area contributed by atoms with E-state index in [0.717, 1.165) is 11.3 Å². The highest BCUT2D eigenvalue weighted by molar-refractivity contribution is 5.73. The van der Waals surface area contributed by atoms with Crippen LogP contribution >= 0.6 is 0 Å². The topological polar surface area (TPSA) is 87.4 Å². The number of carbonyl (C=O) groups excluding carboxylic acids is 1. The maximum absolute atomic E-state index is 11.8. The highest BCUT2D eigenvalue weighted by atomic mass is 16.4. The zero-order valence-electron chi connectivity index (χ0n) is 13.0. The third-order valence-corrected chi connectivity index (χ3v) is 3.40. The molecular weight excluding hydrogens is 282 g/mol. The predicted molar refractivity (Wildman–Crippen MR) is 82.2 cm³/mol. The molecular formula is C16H21N3O3. The summed E-state index contributed by atoms with van der Waals surface area (Å²) in [6, 6.07) is 6.89. The van der Waals surface area contributed by atoms with Gasteiger partial charge in [-0.3, -0.25) is 4.98 Å². The first-order chi connectivity index (χ1) is 10.4. The number of aliphatic hydroxyl groups is 1. The number of aromatic nitrogens is 1. The predicted octanol–water partition coefficient (Wildman–Crippen LogP) is 2.00. The zero-order chi connectivity index (χ0) is 16.2. The van der Waals surface area contributed by atoms with Crippen LogP contribution in [0.5, 0.6) is 0 Å². The fraction of sp³-hybridized carbons (Fsp3) is 0.375. The molecule has 6 heteroatoms. The van der Waals surface area contributed by atoms with Gasteiger partial charge in [0.1, 0.15) is 17.1 Å². The lowest BCUT2D eigenvalue weighted by molar-refractivity contribution is 0.0359. The van der Waals surface area contributed by atoms with Crippen molar-refractivity contribution in [2.45, 2.75) is 32.9 Å². The molecule has 0 radical (unpaired) electrons. The molecule has 0 saturated carbocycles. The van der Waals surface area contributed by atoms with Crippen molar-refractivity contribution in [2.75, 3.05) is 6.54 Å². The number of amides is 2. The smallest absolute Gasteiger partial charge is 0.315 e. The first-order valence-electron chi connectivity index (χ1n) is 7.10. The Balaban J connectivity index is 1.84. The van der Waals surface area contributed by atoms with Crippen molar-refractivity contribution < 1.29 is 14.3 Å². The summed E-state index contributed by atoms with van der Waals surface area (Å²) >= 11 is 0. The van der Waals surface area contributed by atoms with Gasteiger partial charge in [-0.05, 0) is 44.5 Å². The molecule has 2 heterocycles. The van der Waals surface area contributed by atoms with E-state index < -0.39 is 5.60 Å². The van der Waals surface area contributed by atoms with E-state index in [0.29, 0.717) is 18.1 Å². The molecule has 0 saturated heterocycles. The van der Waals surface area contributed by atoms with Crippen LogP contribution in [0.2, 0.25) is 0 Å². The fourth-order valence-corrected chi connectivity index (χ4v) is 1.99. The molecule has 1 unspecified atom stereocenters. The van der Waals surface area contributed by atoms with Crippen molar-refractivity contribution in [3.63, 3.8) is 0 Å². The molecule has 118 valence electrons. The molecule has 2 rings (SSSR count). The molecule has 2 amide bonds. The Morgan fingerprint density at radius 1 is 1.32 bits per heavy atom. The minimum atomic E-state index is -1.26. The Morgan fingerprint density at radius 3 is 2.73 bits per heavy atom. The summed E-state index contributed by atoms with van der Waals surface area (Å²) in [5.74, 6) is 1.14. The Bertz CT molecular complexity index is 650. The van der Waals surface area contributed by atoms with Crippen molar-refractivity contribution in [1.82, 2.24) is 15.6 Å². The van der Waals surface area contributed by atoms with E-state index in [4.69, 9.17) is 4.42 Å². The Morgan fingerprint density at radius 2 is 2.09 bits per heavy atom. The van der Waals surface area contributed by atoms with Gasteiger partial charge in [0.15, 0.2) is 0 Å². The van der Waals surface area contributed by atoms with Gasteiger partial charge in [-0.25, -0.2) is 4.79 Å². The number of carbonyl (C=O) groups is 1. The highest BCUT2D eigenvalue weighted by Crippen LogP contribution is 2.21. The van der Waals surface area contributed by atoms with Crippen LogP contribution < -0.4 is 10.6 Å². The number of urea groups is 1. The third-order valence-electron chi connectivity index (χ3n) is 3.40. The average molecular weight is 303 g/mol. The summed E-state index contributed by atoms with van der Waals surface area (Å²) in [6.45, 7) is 5.71. The van der Waals surface area contributed by atoms with Gasteiger partial charge in [-0.1, -0.05) is 6.07 Å². The van der Waals surface area contributed by atoms with Crippen molar-refractivity contribution in [3.8, 4) is 0 Å². The van der Waals surface area contributed by atoms with E-state index in [-0.39, 0.29) is 12.6 Å². The lowest BCUT2D eigenvalue weighted by Gasteiger charge is -2.21. The van der Waals surface area contributed by atoms with Gasteiger partial charge in [0, 0.05) is 6.20 Å². The van der Waals surface area contributed by atoms with Gasteiger partial charge >= 0.3 is 6.03 Å². The summed E-state index contributed by atoms with van der Waals surface area (Å²) in [6.07, 6.45) is 1.69. The molecule has 0 spiro atoms. The normalized spacial score (nSPS) is 13.5. The van der Waals surface area contributed by atoms with E-state index in [9.17, 15) is 9.90 Å². The molecule has 2 aromatic heterocycles. The van der Waals surface area contributed by atoms with Crippen LogP contribution in [-0.2, 0) is 12.1 Å². The molecule has 0 bridgehead atoms. The van der Waals surface area contributed by atoms with Gasteiger partial charge in [0.05, 0.1) is 18.8 Å². The first-order valence-corrected chi connectivity index (χ1v) is 7.10. The molecule has 2 aromatic rings. The molecule has 22 heavy (non-hydrogen) atoms. The standard InChI is InChI=1S/C16H21N3O3/c1-11-5-4-8-17-13(11)9-18-15(20)19-10-16(3,21)14-7-6-12(2)22-14/h4-8,21H,9-10H2,1-3H3,(H2,18,19,20). The number of furan rings is 1. The molecule has 0 aromatic carbocycles. The molecule has 0 aliphatic rings. The zero-order valence-corrected chi connectivity index (χ0v) is 13.0. The maximum Gasteiger partial charge on any atom is 0.315 e. The van der Waals surface area contributed by atoms with Crippen LogP contribution in [0.1, 0.15) is 29.7 Å². The summed E-state index contributed by atoms with van der Waals surface area (Å²) in [5.41, 5.74) is 0.568.